The average molecular weight is 393 g/mol. The third-order valence-corrected chi connectivity index (χ3v) is 4.10. The molecule has 0 bridgehead atoms. The molecule has 0 aliphatic carbocycles. The van der Waals surface area contributed by atoms with Crippen molar-refractivity contribution >= 4 is 34.9 Å². The maximum Gasteiger partial charge on any atom is 0.256 e. The first kappa shape index (κ1) is 19.3. The molecule has 1 amide bonds. The van der Waals surface area contributed by atoms with Crippen molar-refractivity contribution in [3.8, 4) is 0 Å². The number of carbonyl (C=O) groups excluding carboxylic acids is 1. The fraction of sp³-hybridized carbons (Fsp3) is 0.105. The van der Waals surface area contributed by atoms with Crippen molar-refractivity contribution < 1.29 is 4.79 Å². The van der Waals surface area contributed by atoms with E-state index in [1.54, 1.807) is 54.9 Å². The highest BCUT2D eigenvalue weighted by Gasteiger charge is 2.10. The van der Waals surface area contributed by atoms with E-state index in [4.69, 9.17) is 23.7 Å². The summed E-state index contributed by atoms with van der Waals surface area (Å²) in [6, 6.07) is 13.7. The summed E-state index contributed by atoms with van der Waals surface area (Å²) in [5.41, 5.74) is 13.6. The van der Waals surface area contributed by atoms with Gasteiger partial charge in [-0.2, -0.15) is 4.98 Å². The van der Waals surface area contributed by atoms with Crippen LogP contribution in [0, 0.1) is 0 Å². The number of aromatic nitrogens is 3. The number of hydrogen-bond acceptors (Lipinski definition) is 7. The summed E-state index contributed by atoms with van der Waals surface area (Å²) in [6.45, 7) is 0.357. The molecule has 0 aliphatic rings. The van der Waals surface area contributed by atoms with Gasteiger partial charge in [0, 0.05) is 30.1 Å². The topological polar surface area (TPSA) is 132 Å². The van der Waals surface area contributed by atoms with Crippen LogP contribution in [0.1, 0.15) is 27.7 Å². The Labute approximate surface area is 167 Å². The largest absolute Gasteiger partial charge is 0.389 e. The van der Waals surface area contributed by atoms with Crippen molar-refractivity contribution in [2.24, 2.45) is 11.5 Å². The van der Waals surface area contributed by atoms with Gasteiger partial charge in [0.25, 0.3) is 5.91 Å². The van der Waals surface area contributed by atoms with Gasteiger partial charge in [0.15, 0.2) is 0 Å². The van der Waals surface area contributed by atoms with Crippen LogP contribution in [0.3, 0.4) is 0 Å². The molecule has 8 nitrogen and oxygen atoms in total. The number of nitrogens with zero attached hydrogens (tertiary/aromatic N) is 3. The van der Waals surface area contributed by atoms with E-state index in [0.717, 1.165) is 0 Å². The summed E-state index contributed by atoms with van der Waals surface area (Å²) in [4.78, 5) is 25.2. The van der Waals surface area contributed by atoms with Crippen LogP contribution in [0.15, 0.2) is 60.9 Å². The van der Waals surface area contributed by atoms with Crippen LogP contribution >= 0.6 is 12.2 Å². The zero-order valence-corrected chi connectivity index (χ0v) is 15.7. The minimum absolute atomic E-state index is 0.246. The summed E-state index contributed by atoms with van der Waals surface area (Å²) in [7, 11) is 0. The Morgan fingerprint density at radius 1 is 1.07 bits per heavy atom. The second-order valence-electron chi connectivity index (χ2n) is 5.91. The minimum atomic E-state index is -0.383. The van der Waals surface area contributed by atoms with Crippen molar-refractivity contribution in [1.29, 1.82) is 0 Å². The van der Waals surface area contributed by atoms with Crippen molar-refractivity contribution in [1.82, 2.24) is 15.0 Å². The monoisotopic (exact) mass is 393 g/mol. The molecule has 6 N–H and O–H groups in total. The molecule has 0 saturated carbocycles. The number of pyridine rings is 1. The van der Waals surface area contributed by atoms with Crippen LogP contribution in [-0.2, 0) is 0 Å². The van der Waals surface area contributed by atoms with Gasteiger partial charge in [-0.25, -0.2) is 4.98 Å². The molecule has 1 unspecified atom stereocenters. The van der Waals surface area contributed by atoms with E-state index < -0.39 is 0 Å². The molecule has 1 aromatic carbocycles. The Hall–Kier alpha value is -3.43. The molecule has 0 aliphatic heterocycles. The normalized spacial score (nSPS) is 11.5. The molecular weight excluding hydrogens is 374 g/mol. The fourth-order valence-corrected chi connectivity index (χ4v) is 2.49. The van der Waals surface area contributed by atoms with Gasteiger partial charge in [0.05, 0.1) is 11.7 Å². The number of carbonyl (C=O) groups is 1. The molecule has 1 atom stereocenters. The first-order chi connectivity index (χ1) is 13.5. The summed E-state index contributed by atoms with van der Waals surface area (Å²) in [5.74, 6) is 0.490. The molecule has 9 heteroatoms. The Kier molecular flexibility index (Phi) is 6.20. The lowest BCUT2D eigenvalue weighted by atomic mass is 10.1. The van der Waals surface area contributed by atoms with E-state index in [9.17, 15) is 4.79 Å². The predicted octanol–water partition coefficient (Wildman–Crippen LogP) is 1.87. The van der Waals surface area contributed by atoms with Gasteiger partial charge < -0.3 is 22.1 Å². The molecule has 2 heterocycles. The smallest absolute Gasteiger partial charge is 0.256 e. The van der Waals surface area contributed by atoms with E-state index in [1.165, 1.54) is 0 Å². The molecule has 3 aromatic rings. The molecule has 3 rings (SSSR count). The third-order valence-electron chi connectivity index (χ3n) is 3.86. The van der Waals surface area contributed by atoms with Crippen LogP contribution in [-0.4, -0.2) is 32.4 Å². The Morgan fingerprint density at radius 2 is 1.86 bits per heavy atom. The molecule has 0 fully saturated rings. The fourth-order valence-electron chi connectivity index (χ4n) is 2.37. The zero-order valence-electron chi connectivity index (χ0n) is 14.9. The molecular formula is C19H19N7OS. The van der Waals surface area contributed by atoms with Crippen LogP contribution in [0.25, 0.3) is 0 Å². The summed E-state index contributed by atoms with van der Waals surface area (Å²) >= 11 is 4.91. The summed E-state index contributed by atoms with van der Waals surface area (Å²) in [6.07, 6.45) is 3.14. The minimum Gasteiger partial charge on any atom is -0.389 e. The number of nitrogens with two attached hydrogens (primary N) is 2. The summed E-state index contributed by atoms with van der Waals surface area (Å²) < 4.78 is 0. The zero-order chi connectivity index (χ0) is 19.9. The maximum absolute atomic E-state index is 12.2. The Balaban J connectivity index is 1.59. The van der Waals surface area contributed by atoms with Crippen molar-refractivity contribution in [2.75, 3.05) is 17.2 Å². The Morgan fingerprint density at radius 3 is 2.54 bits per heavy atom. The first-order valence-corrected chi connectivity index (χ1v) is 8.88. The van der Waals surface area contributed by atoms with E-state index in [-0.39, 0.29) is 16.9 Å². The van der Waals surface area contributed by atoms with Gasteiger partial charge in [0.1, 0.15) is 10.8 Å². The van der Waals surface area contributed by atoms with E-state index in [2.05, 4.69) is 25.6 Å². The van der Waals surface area contributed by atoms with Crippen molar-refractivity contribution in [3.63, 3.8) is 0 Å². The number of thiocarbonyl (C=S) groups is 1. The van der Waals surface area contributed by atoms with Crippen LogP contribution < -0.4 is 22.1 Å². The van der Waals surface area contributed by atoms with E-state index >= 15 is 0 Å². The SMILES string of the molecule is NC(=S)c1ccc(C(N)CNc2nccc(NC(=O)c3ccccc3)n2)nc1. The molecule has 142 valence electrons. The predicted molar refractivity (Wildman–Crippen MR) is 112 cm³/mol. The second-order valence-corrected chi connectivity index (χ2v) is 6.35. The van der Waals surface area contributed by atoms with Gasteiger partial charge in [-0.05, 0) is 30.3 Å². The number of benzene rings is 1. The molecule has 2 aromatic heterocycles. The lowest BCUT2D eigenvalue weighted by Crippen LogP contribution is -2.23. The van der Waals surface area contributed by atoms with Crippen molar-refractivity contribution in [3.05, 3.63) is 77.7 Å². The Bertz CT molecular complexity index is 964. The van der Waals surface area contributed by atoms with Crippen molar-refractivity contribution in [2.45, 2.75) is 6.04 Å². The second kappa shape index (κ2) is 8.98. The van der Waals surface area contributed by atoms with Gasteiger partial charge in [0.2, 0.25) is 5.95 Å². The van der Waals surface area contributed by atoms with Gasteiger partial charge in [-0.1, -0.05) is 30.4 Å². The third kappa shape index (κ3) is 5.06. The lowest BCUT2D eigenvalue weighted by molar-refractivity contribution is 0.102. The maximum atomic E-state index is 12.2. The van der Waals surface area contributed by atoms with Crippen LogP contribution in [0.5, 0.6) is 0 Å². The van der Waals surface area contributed by atoms with E-state index in [1.807, 2.05) is 6.07 Å². The summed E-state index contributed by atoms with van der Waals surface area (Å²) in [5, 5.41) is 5.78. The molecule has 0 spiro atoms. The average Bonchev–Trinajstić information content (AvgIpc) is 2.73. The highest BCUT2D eigenvalue weighted by atomic mass is 32.1. The van der Waals surface area contributed by atoms with Gasteiger partial charge in [-0.15, -0.1) is 0 Å². The lowest BCUT2D eigenvalue weighted by Gasteiger charge is -2.13. The highest BCUT2D eigenvalue weighted by Crippen LogP contribution is 2.12. The quantitative estimate of drug-likeness (QED) is 0.447. The number of amides is 1. The highest BCUT2D eigenvalue weighted by molar-refractivity contribution is 7.80. The van der Waals surface area contributed by atoms with Crippen LogP contribution in [0.4, 0.5) is 11.8 Å². The van der Waals surface area contributed by atoms with Gasteiger partial charge in [-0.3, -0.25) is 9.78 Å². The number of rotatable bonds is 7. The number of hydrogen-bond donors (Lipinski definition) is 4. The standard InChI is InChI=1S/C19H19N7OS/c20-14(15-7-6-13(10-23-15)17(21)28)11-24-19-22-9-8-16(26-19)25-18(27)12-4-2-1-3-5-12/h1-10,14H,11,20H2,(H2,21,28)(H2,22,24,25,26,27). The molecule has 0 radical (unpaired) electrons. The van der Waals surface area contributed by atoms with Crippen LogP contribution in [0.2, 0.25) is 0 Å². The van der Waals surface area contributed by atoms with Gasteiger partial charge >= 0.3 is 0 Å². The molecule has 0 saturated heterocycles. The van der Waals surface area contributed by atoms with E-state index in [0.29, 0.717) is 35.1 Å². The number of nitrogens with one attached hydrogen (secondary N) is 2. The number of anilines is 2. The first-order valence-electron chi connectivity index (χ1n) is 8.47. The molecule has 28 heavy (non-hydrogen) atoms.